The van der Waals surface area contributed by atoms with Crippen LogP contribution in [0.3, 0.4) is 0 Å². The Hall–Kier alpha value is -2.17. The first-order chi connectivity index (χ1) is 10.7. The zero-order valence-electron chi connectivity index (χ0n) is 12.0. The monoisotopic (exact) mass is 311 g/mol. The average molecular weight is 311 g/mol. The first-order valence-electron chi connectivity index (χ1n) is 7.24. The van der Waals surface area contributed by atoms with Gasteiger partial charge in [0, 0.05) is 11.2 Å². The maximum atomic E-state index is 12.1. The normalized spacial score (nSPS) is 12.2. The van der Waals surface area contributed by atoms with Gasteiger partial charge in [0.1, 0.15) is 0 Å². The zero-order valence-corrected chi connectivity index (χ0v) is 12.8. The van der Waals surface area contributed by atoms with Crippen LogP contribution in [0.5, 0.6) is 0 Å². The minimum Gasteiger partial charge on any atom is -0.388 e. The number of benzene rings is 2. The topological polar surface area (TPSA) is 49.3 Å². The summed E-state index contributed by atoms with van der Waals surface area (Å²) in [5.74, 6) is -0.0820. The van der Waals surface area contributed by atoms with Crippen molar-refractivity contribution in [2.45, 2.75) is 12.5 Å². The van der Waals surface area contributed by atoms with E-state index in [1.54, 1.807) is 0 Å². The lowest BCUT2D eigenvalue weighted by molar-refractivity contribution is 0.0946. The molecule has 1 atom stereocenters. The van der Waals surface area contributed by atoms with Gasteiger partial charge >= 0.3 is 0 Å². The summed E-state index contributed by atoms with van der Waals surface area (Å²) in [6.07, 6.45) is -0.0513. The third kappa shape index (κ3) is 3.35. The van der Waals surface area contributed by atoms with Gasteiger partial charge in [0.15, 0.2) is 0 Å². The molecule has 0 saturated carbocycles. The fraction of sp³-hybridized carbons (Fsp3) is 0.167. The Bertz CT molecular complexity index is 734. The second-order valence-electron chi connectivity index (χ2n) is 5.12. The Labute approximate surface area is 133 Å². The summed E-state index contributed by atoms with van der Waals surface area (Å²) < 4.78 is 1.11. The summed E-state index contributed by atoms with van der Waals surface area (Å²) in [6.45, 7) is 0.448. The summed E-state index contributed by atoms with van der Waals surface area (Å²) >= 11 is 1.49. The van der Waals surface area contributed by atoms with Gasteiger partial charge in [-0.05, 0) is 29.5 Å². The summed E-state index contributed by atoms with van der Waals surface area (Å²) in [7, 11) is 0. The highest BCUT2D eigenvalue weighted by Gasteiger charge is 2.11. The molecule has 0 saturated heterocycles. The number of hydrogen-bond donors (Lipinski definition) is 2. The molecule has 0 bridgehead atoms. The summed E-state index contributed by atoms with van der Waals surface area (Å²) in [4.78, 5) is 12.9. The molecule has 0 fully saturated rings. The number of rotatable bonds is 5. The molecular formula is C18H17NO2S. The van der Waals surface area contributed by atoms with Gasteiger partial charge in [-0.2, -0.15) is 0 Å². The van der Waals surface area contributed by atoms with Gasteiger partial charge in [-0.1, -0.05) is 48.5 Å². The fourth-order valence-corrected chi connectivity index (χ4v) is 3.32. The lowest BCUT2D eigenvalue weighted by Crippen LogP contribution is -2.24. The van der Waals surface area contributed by atoms with Crippen molar-refractivity contribution in [3.05, 3.63) is 71.1 Å². The van der Waals surface area contributed by atoms with Crippen LogP contribution in [0.15, 0.2) is 60.7 Å². The van der Waals surface area contributed by atoms with Gasteiger partial charge in [0.25, 0.3) is 5.91 Å². The number of thiophene rings is 1. The van der Waals surface area contributed by atoms with Gasteiger partial charge in [-0.25, -0.2) is 0 Å². The van der Waals surface area contributed by atoms with E-state index >= 15 is 0 Å². The highest BCUT2D eigenvalue weighted by molar-refractivity contribution is 7.20. The van der Waals surface area contributed by atoms with E-state index in [-0.39, 0.29) is 5.91 Å². The predicted octanol–water partition coefficient (Wildman–Crippen LogP) is 3.75. The number of amides is 1. The molecule has 3 rings (SSSR count). The molecule has 1 aromatic heterocycles. The Balaban J connectivity index is 1.56. The van der Waals surface area contributed by atoms with Gasteiger partial charge < -0.3 is 10.4 Å². The van der Waals surface area contributed by atoms with Crippen LogP contribution >= 0.6 is 11.3 Å². The Morgan fingerprint density at radius 1 is 1.09 bits per heavy atom. The van der Waals surface area contributed by atoms with E-state index in [0.717, 1.165) is 15.6 Å². The van der Waals surface area contributed by atoms with Crippen LogP contribution in [-0.4, -0.2) is 17.6 Å². The smallest absolute Gasteiger partial charge is 0.261 e. The van der Waals surface area contributed by atoms with Crippen LogP contribution in [0.2, 0.25) is 0 Å². The van der Waals surface area contributed by atoms with Gasteiger partial charge in [-0.3, -0.25) is 4.79 Å². The second-order valence-corrected chi connectivity index (χ2v) is 6.20. The molecule has 0 aliphatic carbocycles. The molecule has 0 radical (unpaired) electrons. The maximum absolute atomic E-state index is 12.1. The van der Waals surface area contributed by atoms with Crippen LogP contribution in [0.25, 0.3) is 10.1 Å². The predicted molar refractivity (Wildman–Crippen MR) is 90.2 cm³/mol. The zero-order chi connectivity index (χ0) is 15.4. The minimum absolute atomic E-state index is 0.0820. The minimum atomic E-state index is -0.552. The lowest BCUT2D eigenvalue weighted by Gasteiger charge is -2.11. The molecule has 2 N–H and O–H groups in total. The molecule has 3 aromatic rings. The Kier molecular flexibility index (Phi) is 4.51. The molecule has 0 aliphatic rings. The first kappa shape index (κ1) is 14.8. The van der Waals surface area contributed by atoms with E-state index in [1.807, 2.05) is 60.7 Å². The molecule has 3 nitrogen and oxygen atoms in total. The number of fused-ring (bicyclic) bond motifs is 1. The molecule has 1 amide bonds. The molecule has 1 heterocycles. The number of hydrogen-bond acceptors (Lipinski definition) is 3. The average Bonchev–Trinajstić information content (AvgIpc) is 2.99. The van der Waals surface area contributed by atoms with Crippen molar-refractivity contribution >= 4 is 27.3 Å². The second kappa shape index (κ2) is 6.73. The number of aliphatic hydroxyl groups is 1. The number of aliphatic hydroxyl groups excluding tert-OH is 1. The molecule has 0 aliphatic heterocycles. The van der Waals surface area contributed by atoms with Gasteiger partial charge in [0.05, 0.1) is 11.0 Å². The Morgan fingerprint density at radius 3 is 2.59 bits per heavy atom. The van der Waals surface area contributed by atoms with Crippen molar-refractivity contribution in [1.29, 1.82) is 0 Å². The SMILES string of the molecule is O=C(NCCC(O)c1ccccc1)c1cc2ccccc2s1. The first-order valence-corrected chi connectivity index (χ1v) is 8.05. The summed E-state index contributed by atoms with van der Waals surface area (Å²) in [5, 5.41) is 14.0. The molecule has 4 heteroatoms. The van der Waals surface area contributed by atoms with E-state index in [2.05, 4.69) is 5.32 Å². The van der Waals surface area contributed by atoms with Crippen molar-refractivity contribution < 1.29 is 9.90 Å². The van der Waals surface area contributed by atoms with Crippen LogP contribution in [0.4, 0.5) is 0 Å². The van der Waals surface area contributed by atoms with Crippen molar-refractivity contribution in [3.63, 3.8) is 0 Å². The number of carbonyl (C=O) groups is 1. The third-order valence-electron chi connectivity index (χ3n) is 3.54. The van der Waals surface area contributed by atoms with Crippen LogP contribution in [-0.2, 0) is 0 Å². The van der Waals surface area contributed by atoms with Gasteiger partial charge in [0.2, 0.25) is 0 Å². The van der Waals surface area contributed by atoms with Crippen molar-refractivity contribution in [2.24, 2.45) is 0 Å². The highest BCUT2D eigenvalue weighted by atomic mass is 32.1. The van der Waals surface area contributed by atoms with Gasteiger partial charge in [-0.15, -0.1) is 11.3 Å². The highest BCUT2D eigenvalue weighted by Crippen LogP contribution is 2.25. The quantitative estimate of drug-likeness (QED) is 0.754. The summed E-state index contributed by atoms with van der Waals surface area (Å²) in [5.41, 5.74) is 0.874. The fourth-order valence-electron chi connectivity index (χ4n) is 2.35. The van der Waals surface area contributed by atoms with Crippen LogP contribution in [0.1, 0.15) is 27.8 Å². The number of nitrogens with one attached hydrogen (secondary N) is 1. The Morgan fingerprint density at radius 2 is 1.82 bits per heavy atom. The van der Waals surface area contributed by atoms with Crippen molar-refractivity contribution in [3.8, 4) is 0 Å². The van der Waals surface area contributed by atoms with E-state index < -0.39 is 6.10 Å². The van der Waals surface area contributed by atoms with E-state index in [4.69, 9.17) is 0 Å². The molecule has 112 valence electrons. The van der Waals surface area contributed by atoms with E-state index in [9.17, 15) is 9.90 Å². The van der Waals surface area contributed by atoms with Crippen molar-refractivity contribution in [1.82, 2.24) is 5.32 Å². The largest absolute Gasteiger partial charge is 0.388 e. The standard InChI is InChI=1S/C18H17NO2S/c20-15(13-6-2-1-3-7-13)10-11-19-18(21)17-12-14-8-4-5-9-16(14)22-17/h1-9,12,15,20H,10-11H2,(H,19,21). The molecular weight excluding hydrogens is 294 g/mol. The van der Waals surface area contributed by atoms with Crippen molar-refractivity contribution in [2.75, 3.05) is 6.54 Å². The molecule has 22 heavy (non-hydrogen) atoms. The molecule has 0 spiro atoms. The maximum Gasteiger partial charge on any atom is 0.261 e. The summed E-state index contributed by atoms with van der Waals surface area (Å²) in [6, 6.07) is 19.3. The molecule has 2 aromatic carbocycles. The number of carbonyl (C=O) groups excluding carboxylic acids is 1. The van der Waals surface area contributed by atoms with Crippen LogP contribution < -0.4 is 5.32 Å². The molecule has 1 unspecified atom stereocenters. The lowest BCUT2D eigenvalue weighted by atomic mass is 10.1. The third-order valence-corrected chi connectivity index (χ3v) is 4.65. The van der Waals surface area contributed by atoms with Crippen LogP contribution in [0, 0.1) is 0 Å². The van der Waals surface area contributed by atoms with E-state index in [0.29, 0.717) is 17.8 Å². The van der Waals surface area contributed by atoms with E-state index in [1.165, 1.54) is 11.3 Å².